The highest BCUT2D eigenvalue weighted by atomic mass is 127. The van der Waals surface area contributed by atoms with Crippen molar-refractivity contribution < 1.29 is 0 Å². The Morgan fingerprint density at radius 2 is 2.14 bits per heavy atom. The minimum atomic E-state index is 0. The maximum Gasteiger partial charge on any atom is 0.193 e. The molecule has 0 aliphatic carbocycles. The Morgan fingerprint density at radius 1 is 1.33 bits per heavy atom. The van der Waals surface area contributed by atoms with Crippen LogP contribution in [0.1, 0.15) is 17.4 Å². The van der Waals surface area contributed by atoms with Gasteiger partial charge in [0.05, 0.1) is 4.34 Å². The molecule has 0 unspecified atom stereocenters. The minimum Gasteiger partial charge on any atom is -0.370 e. The van der Waals surface area contributed by atoms with Gasteiger partial charge in [0.15, 0.2) is 5.96 Å². The lowest BCUT2D eigenvalue weighted by atomic mass is 10.1. The second-order valence-corrected chi connectivity index (χ2v) is 6.20. The van der Waals surface area contributed by atoms with E-state index in [9.17, 15) is 0 Å². The molecule has 0 amide bonds. The molecule has 21 heavy (non-hydrogen) atoms. The number of nitrogens with two attached hydrogens (primary N) is 1. The van der Waals surface area contributed by atoms with Crippen LogP contribution in [0.15, 0.2) is 41.4 Å². The van der Waals surface area contributed by atoms with E-state index in [0.29, 0.717) is 12.5 Å². The Morgan fingerprint density at radius 3 is 2.81 bits per heavy atom. The quantitative estimate of drug-likeness (QED) is 0.411. The zero-order chi connectivity index (χ0) is 14.4. The summed E-state index contributed by atoms with van der Waals surface area (Å²) in [6, 6.07) is 12.1. The van der Waals surface area contributed by atoms with Gasteiger partial charge in [-0.05, 0) is 36.2 Å². The summed E-state index contributed by atoms with van der Waals surface area (Å²) in [5.74, 6) is 0.445. The summed E-state index contributed by atoms with van der Waals surface area (Å²) < 4.78 is 0.812. The lowest BCUT2D eigenvalue weighted by Gasteiger charge is -2.06. The lowest BCUT2D eigenvalue weighted by Crippen LogP contribution is -2.23. The fourth-order valence-electron chi connectivity index (χ4n) is 1.83. The van der Waals surface area contributed by atoms with Crippen molar-refractivity contribution in [1.29, 1.82) is 0 Å². The van der Waals surface area contributed by atoms with Crippen LogP contribution in [0.25, 0.3) is 0 Å². The number of nitrogens with zero attached hydrogens (tertiary/aromatic N) is 1. The van der Waals surface area contributed by atoms with Gasteiger partial charge in [-0.1, -0.05) is 30.7 Å². The first-order valence-electron chi connectivity index (χ1n) is 6.57. The number of guanidine groups is 1. The number of nitrogens with one attached hydrogen (secondary N) is 1. The largest absolute Gasteiger partial charge is 0.370 e. The fourth-order valence-corrected chi connectivity index (χ4v) is 2.91. The van der Waals surface area contributed by atoms with E-state index in [1.54, 1.807) is 11.3 Å². The van der Waals surface area contributed by atoms with Crippen LogP contribution < -0.4 is 11.1 Å². The molecule has 0 aliphatic heterocycles. The van der Waals surface area contributed by atoms with Gasteiger partial charge < -0.3 is 11.1 Å². The highest BCUT2D eigenvalue weighted by molar-refractivity contribution is 14.0. The van der Waals surface area contributed by atoms with Crippen LogP contribution in [-0.4, -0.2) is 12.5 Å². The van der Waals surface area contributed by atoms with Gasteiger partial charge in [0.1, 0.15) is 0 Å². The molecule has 0 spiro atoms. The third-order valence-corrected chi connectivity index (χ3v) is 4.17. The normalized spacial score (nSPS) is 11.0. The van der Waals surface area contributed by atoms with Crippen LogP contribution >= 0.6 is 46.9 Å². The molecule has 1 heterocycles. The van der Waals surface area contributed by atoms with Gasteiger partial charge in [0.2, 0.25) is 0 Å². The van der Waals surface area contributed by atoms with Crippen LogP contribution in [0.4, 0.5) is 5.69 Å². The zero-order valence-corrected chi connectivity index (χ0v) is 15.7. The van der Waals surface area contributed by atoms with Crippen molar-refractivity contribution in [3.05, 3.63) is 51.2 Å². The Bertz CT molecular complexity index is 598. The van der Waals surface area contributed by atoms with E-state index >= 15 is 0 Å². The van der Waals surface area contributed by atoms with Crippen molar-refractivity contribution in [2.45, 2.75) is 19.8 Å². The maximum absolute atomic E-state index is 5.88. The van der Waals surface area contributed by atoms with Crippen molar-refractivity contribution in [2.24, 2.45) is 10.7 Å². The molecular formula is C15H19ClIN3S. The van der Waals surface area contributed by atoms with Gasteiger partial charge in [-0.2, -0.15) is 0 Å². The highest BCUT2D eigenvalue weighted by Gasteiger charge is 1.99. The number of rotatable bonds is 5. The average Bonchev–Trinajstić information content (AvgIpc) is 2.84. The van der Waals surface area contributed by atoms with Gasteiger partial charge in [-0.3, -0.25) is 4.99 Å². The standard InChI is InChI=1S/C15H18ClN3S.HI/c1-2-11-4-3-5-12(10-11)19-15(17)18-9-8-13-6-7-14(16)20-13;/h3-7,10H,2,8-9H2,1H3,(H3,17,18,19);1H. The molecule has 1 aromatic carbocycles. The zero-order valence-electron chi connectivity index (χ0n) is 11.8. The summed E-state index contributed by atoms with van der Waals surface area (Å²) >= 11 is 7.47. The molecule has 3 nitrogen and oxygen atoms in total. The second-order valence-electron chi connectivity index (χ2n) is 4.40. The molecule has 114 valence electrons. The predicted octanol–water partition coefficient (Wildman–Crippen LogP) is 4.55. The smallest absolute Gasteiger partial charge is 0.193 e. The molecule has 2 rings (SSSR count). The molecular weight excluding hydrogens is 417 g/mol. The van der Waals surface area contributed by atoms with Crippen LogP contribution in [0, 0.1) is 0 Å². The van der Waals surface area contributed by atoms with Crippen molar-refractivity contribution >= 4 is 58.6 Å². The summed E-state index contributed by atoms with van der Waals surface area (Å²) in [5, 5.41) is 3.11. The molecule has 0 saturated carbocycles. The van der Waals surface area contributed by atoms with E-state index in [1.807, 2.05) is 24.3 Å². The molecule has 1 aromatic heterocycles. The molecule has 0 atom stereocenters. The number of aliphatic imine (C=N–C) groups is 1. The first kappa shape index (κ1) is 18.3. The third-order valence-electron chi connectivity index (χ3n) is 2.88. The van der Waals surface area contributed by atoms with Gasteiger partial charge in [0.25, 0.3) is 0 Å². The van der Waals surface area contributed by atoms with Gasteiger partial charge >= 0.3 is 0 Å². The van der Waals surface area contributed by atoms with E-state index in [0.717, 1.165) is 22.9 Å². The van der Waals surface area contributed by atoms with Crippen molar-refractivity contribution in [3.8, 4) is 0 Å². The maximum atomic E-state index is 5.88. The Balaban J connectivity index is 0.00000220. The lowest BCUT2D eigenvalue weighted by molar-refractivity contribution is 0.983. The Kier molecular flexibility index (Phi) is 8.06. The molecule has 6 heteroatoms. The summed E-state index contributed by atoms with van der Waals surface area (Å²) in [6.45, 7) is 2.78. The summed E-state index contributed by atoms with van der Waals surface area (Å²) in [5.41, 5.74) is 8.13. The van der Waals surface area contributed by atoms with Gasteiger partial charge in [-0.25, -0.2) is 0 Å². The van der Waals surface area contributed by atoms with Crippen LogP contribution in [-0.2, 0) is 12.8 Å². The number of hydrogen-bond donors (Lipinski definition) is 2. The highest BCUT2D eigenvalue weighted by Crippen LogP contribution is 2.21. The van der Waals surface area contributed by atoms with E-state index in [-0.39, 0.29) is 24.0 Å². The summed E-state index contributed by atoms with van der Waals surface area (Å²) in [7, 11) is 0. The summed E-state index contributed by atoms with van der Waals surface area (Å²) in [4.78, 5) is 5.55. The minimum absolute atomic E-state index is 0. The van der Waals surface area contributed by atoms with E-state index in [1.165, 1.54) is 10.4 Å². The van der Waals surface area contributed by atoms with Gasteiger partial charge in [-0.15, -0.1) is 35.3 Å². The summed E-state index contributed by atoms with van der Waals surface area (Å²) in [6.07, 6.45) is 1.86. The number of hydrogen-bond acceptors (Lipinski definition) is 2. The van der Waals surface area contributed by atoms with E-state index in [4.69, 9.17) is 17.3 Å². The second kappa shape index (κ2) is 9.27. The number of thiophene rings is 1. The SMILES string of the molecule is CCc1cccc(NC(N)=NCCc2ccc(Cl)s2)c1.I. The number of anilines is 1. The Hall–Kier alpha value is -0.790. The Labute approximate surface area is 151 Å². The van der Waals surface area contributed by atoms with Gasteiger partial charge in [0, 0.05) is 23.5 Å². The molecule has 0 fully saturated rings. The van der Waals surface area contributed by atoms with E-state index in [2.05, 4.69) is 29.4 Å². The predicted molar refractivity (Wildman–Crippen MR) is 104 cm³/mol. The van der Waals surface area contributed by atoms with Crippen LogP contribution in [0.2, 0.25) is 4.34 Å². The number of halogens is 2. The fraction of sp³-hybridized carbons (Fsp3) is 0.267. The number of benzene rings is 1. The van der Waals surface area contributed by atoms with Crippen molar-refractivity contribution in [3.63, 3.8) is 0 Å². The first-order chi connectivity index (χ1) is 9.67. The van der Waals surface area contributed by atoms with Crippen LogP contribution in [0.5, 0.6) is 0 Å². The molecule has 0 saturated heterocycles. The van der Waals surface area contributed by atoms with Crippen molar-refractivity contribution in [1.82, 2.24) is 0 Å². The average molecular weight is 436 g/mol. The molecule has 0 aliphatic rings. The van der Waals surface area contributed by atoms with E-state index < -0.39 is 0 Å². The monoisotopic (exact) mass is 435 g/mol. The number of aryl methyl sites for hydroxylation is 1. The third kappa shape index (κ3) is 6.23. The molecule has 2 aromatic rings. The molecule has 0 radical (unpaired) electrons. The molecule has 3 N–H and O–H groups in total. The van der Waals surface area contributed by atoms with Crippen LogP contribution in [0.3, 0.4) is 0 Å². The molecule has 0 bridgehead atoms. The topological polar surface area (TPSA) is 50.4 Å². The van der Waals surface area contributed by atoms with Crippen molar-refractivity contribution in [2.75, 3.05) is 11.9 Å². The first-order valence-corrected chi connectivity index (χ1v) is 7.77.